The van der Waals surface area contributed by atoms with Crippen LogP contribution in [0.3, 0.4) is 0 Å². The van der Waals surface area contributed by atoms with Crippen molar-refractivity contribution in [1.29, 1.82) is 5.26 Å². The van der Waals surface area contributed by atoms with Gasteiger partial charge in [-0.05, 0) is 38.7 Å². The number of carbonyl (C=O) groups excluding carboxylic acids is 1. The number of aromatic nitrogens is 2. The van der Waals surface area contributed by atoms with Crippen LogP contribution in [0, 0.1) is 35.3 Å². The number of nitriles is 1. The smallest absolute Gasteiger partial charge is 0.312 e. The number of hydrogen-bond acceptors (Lipinski definition) is 6. The third kappa shape index (κ3) is 2.65. The molecular formula is C15H15N5O3S. The molecule has 1 aliphatic rings. The van der Waals surface area contributed by atoms with Crippen LogP contribution in [0.5, 0.6) is 0 Å². The van der Waals surface area contributed by atoms with Gasteiger partial charge in [-0.1, -0.05) is 0 Å². The number of nitrogens with one attached hydrogen (secondary N) is 1. The van der Waals surface area contributed by atoms with Crippen LogP contribution in [-0.2, 0) is 24.2 Å². The molecule has 124 valence electrons. The van der Waals surface area contributed by atoms with Crippen molar-refractivity contribution in [2.75, 3.05) is 5.32 Å². The maximum atomic E-state index is 12.3. The van der Waals surface area contributed by atoms with Crippen molar-refractivity contribution < 1.29 is 9.72 Å². The number of amides is 1. The van der Waals surface area contributed by atoms with E-state index in [2.05, 4.69) is 16.5 Å². The van der Waals surface area contributed by atoms with Crippen molar-refractivity contribution in [3.8, 4) is 6.07 Å². The highest BCUT2D eigenvalue weighted by atomic mass is 32.1. The molecule has 0 saturated heterocycles. The first-order chi connectivity index (χ1) is 11.4. The summed E-state index contributed by atoms with van der Waals surface area (Å²) in [6, 6.07) is 2.17. The van der Waals surface area contributed by atoms with Gasteiger partial charge in [0.25, 0.3) is 0 Å². The lowest BCUT2D eigenvalue weighted by molar-refractivity contribution is -0.386. The van der Waals surface area contributed by atoms with E-state index in [0.29, 0.717) is 16.3 Å². The van der Waals surface area contributed by atoms with E-state index in [9.17, 15) is 20.2 Å². The fourth-order valence-corrected chi connectivity index (χ4v) is 4.27. The molecule has 0 radical (unpaired) electrons. The van der Waals surface area contributed by atoms with Gasteiger partial charge in [-0.2, -0.15) is 10.4 Å². The van der Waals surface area contributed by atoms with Gasteiger partial charge in [-0.15, -0.1) is 11.3 Å². The highest BCUT2D eigenvalue weighted by Gasteiger charge is 2.25. The van der Waals surface area contributed by atoms with E-state index in [4.69, 9.17) is 0 Å². The Balaban J connectivity index is 1.79. The standard InChI is InChI=1S/C15H15N5O3S/c1-8-14(20(22)23)9(2)19(18-8)7-13(21)17-15-11(6-16)10-4-3-5-12(10)24-15/h3-5,7H2,1-2H3,(H,17,21). The molecule has 0 aliphatic heterocycles. The second-order valence-electron chi connectivity index (χ2n) is 5.66. The minimum absolute atomic E-state index is 0.0735. The number of nitro groups is 1. The Hall–Kier alpha value is -2.73. The average Bonchev–Trinajstić information content (AvgIpc) is 3.13. The predicted octanol–water partition coefficient (Wildman–Crippen LogP) is 2.47. The van der Waals surface area contributed by atoms with Gasteiger partial charge in [-0.3, -0.25) is 19.6 Å². The Bertz CT molecular complexity index is 890. The van der Waals surface area contributed by atoms with Crippen LogP contribution in [0.4, 0.5) is 10.7 Å². The van der Waals surface area contributed by atoms with Crippen LogP contribution in [0.1, 0.15) is 33.8 Å². The largest absolute Gasteiger partial charge is 0.315 e. The molecule has 0 atom stereocenters. The Morgan fingerprint density at radius 2 is 2.25 bits per heavy atom. The maximum Gasteiger partial charge on any atom is 0.312 e. The molecule has 0 spiro atoms. The van der Waals surface area contributed by atoms with Gasteiger partial charge in [0.05, 0.1) is 10.5 Å². The van der Waals surface area contributed by atoms with Crippen LogP contribution >= 0.6 is 11.3 Å². The highest BCUT2D eigenvalue weighted by molar-refractivity contribution is 7.16. The fourth-order valence-electron chi connectivity index (χ4n) is 3.02. The molecule has 1 aliphatic carbocycles. The molecule has 3 rings (SSSR count). The Labute approximate surface area is 141 Å². The quantitative estimate of drug-likeness (QED) is 0.675. The minimum atomic E-state index is -0.496. The zero-order valence-corrected chi connectivity index (χ0v) is 14.1. The zero-order valence-electron chi connectivity index (χ0n) is 13.3. The van der Waals surface area contributed by atoms with Gasteiger partial charge in [0, 0.05) is 4.88 Å². The number of nitrogens with zero attached hydrogens (tertiary/aromatic N) is 4. The first-order valence-electron chi connectivity index (χ1n) is 7.45. The number of thiophene rings is 1. The normalized spacial score (nSPS) is 12.7. The van der Waals surface area contributed by atoms with Crippen molar-refractivity contribution in [2.24, 2.45) is 0 Å². The number of carbonyl (C=O) groups is 1. The molecule has 0 fully saturated rings. The topological polar surface area (TPSA) is 114 Å². The highest BCUT2D eigenvalue weighted by Crippen LogP contribution is 2.38. The number of rotatable bonds is 4. The monoisotopic (exact) mass is 345 g/mol. The SMILES string of the molecule is Cc1nn(CC(=O)Nc2sc3c(c2C#N)CCC3)c(C)c1[N+](=O)[O-]. The molecule has 1 amide bonds. The van der Waals surface area contributed by atoms with Crippen LogP contribution < -0.4 is 5.32 Å². The third-order valence-corrected chi connectivity index (χ3v) is 5.31. The molecule has 24 heavy (non-hydrogen) atoms. The second kappa shape index (κ2) is 6.05. The zero-order chi connectivity index (χ0) is 17.4. The molecule has 0 aromatic carbocycles. The lowest BCUT2D eigenvalue weighted by Crippen LogP contribution is -2.20. The summed E-state index contributed by atoms with van der Waals surface area (Å²) in [6.07, 6.45) is 2.85. The second-order valence-corrected chi connectivity index (χ2v) is 6.76. The van der Waals surface area contributed by atoms with E-state index in [1.807, 2.05) is 0 Å². The van der Waals surface area contributed by atoms with Gasteiger partial charge < -0.3 is 5.32 Å². The maximum absolute atomic E-state index is 12.3. The van der Waals surface area contributed by atoms with E-state index in [1.165, 1.54) is 22.9 Å². The first kappa shape index (κ1) is 16.1. The molecule has 0 saturated carbocycles. The summed E-state index contributed by atoms with van der Waals surface area (Å²) in [5.74, 6) is -0.355. The Morgan fingerprint density at radius 1 is 1.50 bits per heavy atom. The van der Waals surface area contributed by atoms with Crippen LogP contribution in [0.2, 0.25) is 0 Å². The Morgan fingerprint density at radius 3 is 2.88 bits per heavy atom. The lowest BCUT2D eigenvalue weighted by atomic mass is 10.1. The van der Waals surface area contributed by atoms with Crippen molar-refractivity contribution in [1.82, 2.24) is 9.78 Å². The molecule has 2 aromatic rings. The van der Waals surface area contributed by atoms with E-state index in [0.717, 1.165) is 29.7 Å². The molecular weight excluding hydrogens is 330 g/mol. The van der Waals surface area contributed by atoms with E-state index < -0.39 is 4.92 Å². The third-order valence-electron chi connectivity index (χ3n) is 4.11. The lowest BCUT2D eigenvalue weighted by Gasteiger charge is -2.05. The predicted molar refractivity (Wildman–Crippen MR) is 88.0 cm³/mol. The molecule has 1 N–H and O–H groups in total. The first-order valence-corrected chi connectivity index (χ1v) is 8.27. The Kier molecular flexibility index (Phi) is 4.07. The van der Waals surface area contributed by atoms with Crippen molar-refractivity contribution in [3.63, 3.8) is 0 Å². The van der Waals surface area contributed by atoms with Gasteiger partial charge in [-0.25, -0.2) is 0 Å². The van der Waals surface area contributed by atoms with Crippen molar-refractivity contribution in [2.45, 2.75) is 39.7 Å². The molecule has 0 unspecified atom stereocenters. The van der Waals surface area contributed by atoms with Gasteiger partial charge >= 0.3 is 5.69 Å². The minimum Gasteiger partial charge on any atom is -0.315 e. The summed E-state index contributed by atoms with van der Waals surface area (Å²) in [5.41, 5.74) is 2.12. The van der Waals surface area contributed by atoms with Crippen LogP contribution in [0.15, 0.2) is 0 Å². The van der Waals surface area contributed by atoms with Crippen molar-refractivity contribution in [3.05, 3.63) is 37.5 Å². The van der Waals surface area contributed by atoms with Gasteiger partial charge in [0.2, 0.25) is 5.91 Å². The van der Waals surface area contributed by atoms with E-state index in [-0.39, 0.29) is 23.8 Å². The number of anilines is 1. The van der Waals surface area contributed by atoms with Gasteiger partial charge in [0.15, 0.2) is 0 Å². The summed E-state index contributed by atoms with van der Waals surface area (Å²) in [7, 11) is 0. The summed E-state index contributed by atoms with van der Waals surface area (Å²) < 4.78 is 1.32. The average molecular weight is 345 g/mol. The van der Waals surface area contributed by atoms with Crippen LogP contribution in [-0.4, -0.2) is 20.6 Å². The number of fused-ring (bicyclic) bond motifs is 1. The fraction of sp³-hybridized carbons (Fsp3) is 0.400. The molecule has 0 bridgehead atoms. The van der Waals surface area contributed by atoms with E-state index >= 15 is 0 Å². The molecule has 2 aromatic heterocycles. The van der Waals surface area contributed by atoms with Crippen LogP contribution in [0.25, 0.3) is 0 Å². The van der Waals surface area contributed by atoms with Crippen molar-refractivity contribution >= 4 is 27.9 Å². The summed E-state index contributed by atoms with van der Waals surface area (Å²) >= 11 is 1.44. The molecule has 2 heterocycles. The summed E-state index contributed by atoms with van der Waals surface area (Å²) in [4.78, 5) is 23.9. The summed E-state index contributed by atoms with van der Waals surface area (Å²) in [6.45, 7) is 2.97. The molecule has 8 nitrogen and oxygen atoms in total. The number of aryl methyl sites for hydroxylation is 2. The molecule has 9 heteroatoms. The summed E-state index contributed by atoms with van der Waals surface area (Å²) in [5, 5.41) is 27.7. The van der Waals surface area contributed by atoms with E-state index in [1.54, 1.807) is 6.92 Å². The van der Waals surface area contributed by atoms with Gasteiger partial charge in [0.1, 0.15) is 29.0 Å². The number of hydrogen-bond donors (Lipinski definition) is 1.